The number of rotatable bonds is 4. The van der Waals surface area contributed by atoms with Gasteiger partial charge in [0.1, 0.15) is 10.7 Å². The van der Waals surface area contributed by atoms with Crippen LogP contribution in [-0.4, -0.2) is 18.2 Å². The summed E-state index contributed by atoms with van der Waals surface area (Å²) in [5.74, 6) is -0.362. The van der Waals surface area contributed by atoms with Gasteiger partial charge in [0, 0.05) is 5.69 Å². The van der Waals surface area contributed by atoms with Gasteiger partial charge in [-0.1, -0.05) is 18.2 Å². The second-order valence-electron chi connectivity index (χ2n) is 5.36. The molecule has 124 valence electrons. The Morgan fingerprint density at radius 3 is 2.25 bits per heavy atom. The molecule has 0 bridgehead atoms. The highest BCUT2D eigenvalue weighted by Gasteiger charge is 2.25. The molecule has 0 saturated heterocycles. The number of para-hydroxylation sites is 1. The number of sulfonamides is 1. The van der Waals surface area contributed by atoms with Gasteiger partial charge in [0.2, 0.25) is 0 Å². The molecule has 1 aromatic heterocycles. The molecule has 3 rings (SSSR count). The number of hydrogen-bond acceptors (Lipinski definition) is 3. The lowest BCUT2D eigenvalue weighted by Gasteiger charge is -2.09. The summed E-state index contributed by atoms with van der Waals surface area (Å²) in [6.07, 6.45) is 0. The summed E-state index contributed by atoms with van der Waals surface area (Å²) < 4.78 is 42.6. The van der Waals surface area contributed by atoms with Gasteiger partial charge in [0.05, 0.1) is 17.1 Å². The zero-order chi connectivity index (χ0) is 17.3. The topological polar surface area (TPSA) is 64.0 Å². The second kappa shape index (κ2) is 6.09. The van der Waals surface area contributed by atoms with Crippen LogP contribution in [0.4, 0.5) is 10.1 Å². The van der Waals surface area contributed by atoms with Gasteiger partial charge in [0.25, 0.3) is 10.0 Å². The van der Waals surface area contributed by atoms with E-state index in [9.17, 15) is 12.8 Å². The molecule has 2 aromatic carbocycles. The minimum atomic E-state index is -3.78. The van der Waals surface area contributed by atoms with Crippen molar-refractivity contribution in [3.63, 3.8) is 0 Å². The number of nitrogens with one attached hydrogen (secondary N) is 1. The number of anilines is 1. The number of benzene rings is 2. The third-order valence-electron chi connectivity index (χ3n) is 3.59. The SMILES string of the molecule is Cc1nn(-c2ccc(F)cc2)c(C)c1S(=O)(=O)Nc1ccccc1. The van der Waals surface area contributed by atoms with Crippen LogP contribution in [0, 0.1) is 19.7 Å². The molecule has 24 heavy (non-hydrogen) atoms. The van der Waals surface area contributed by atoms with Crippen LogP contribution >= 0.6 is 0 Å². The first-order chi connectivity index (χ1) is 11.4. The molecule has 0 radical (unpaired) electrons. The molecule has 7 heteroatoms. The molecule has 0 saturated carbocycles. The highest BCUT2D eigenvalue weighted by molar-refractivity contribution is 7.92. The average molecular weight is 345 g/mol. The standard InChI is InChI=1S/C17H16FN3O2S/c1-12-17(24(22,23)20-15-6-4-3-5-7-15)13(2)21(19-12)16-10-8-14(18)9-11-16/h3-11,20H,1-2H3. The smallest absolute Gasteiger partial charge is 0.265 e. The molecule has 0 atom stereocenters. The Balaban J connectivity index is 2.04. The van der Waals surface area contributed by atoms with Crippen molar-refractivity contribution in [2.45, 2.75) is 18.7 Å². The highest BCUT2D eigenvalue weighted by atomic mass is 32.2. The van der Waals surface area contributed by atoms with Gasteiger partial charge in [-0.2, -0.15) is 5.10 Å². The van der Waals surface area contributed by atoms with Crippen LogP contribution in [0.2, 0.25) is 0 Å². The third-order valence-corrected chi connectivity index (χ3v) is 5.22. The quantitative estimate of drug-likeness (QED) is 0.788. The van der Waals surface area contributed by atoms with E-state index >= 15 is 0 Å². The van der Waals surface area contributed by atoms with Crippen LogP contribution in [0.3, 0.4) is 0 Å². The van der Waals surface area contributed by atoms with Gasteiger partial charge in [-0.3, -0.25) is 4.72 Å². The van der Waals surface area contributed by atoms with Gasteiger partial charge in [-0.05, 0) is 50.2 Å². The lowest BCUT2D eigenvalue weighted by molar-refractivity contribution is 0.600. The molecule has 0 aliphatic heterocycles. The Morgan fingerprint density at radius 2 is 1.62 bits per heavy atom. The first-order valence-corrected chi connectivity index (χ1v) is 8.77. The highest BCUT2D eigenvalue weighted by Crippen LogP contribution is 2.24. The van der Waals surface area contributed by atoms with Crippen molar-refractivity contribution in [1.82, 2.24) is 9.78 Å². The van der Waals surface area contributed by atoms with Crippen LogP contribution in [-0.2, 0) is 10.0 Å². The van der Waals surface area contributed by atoms with Crippen LogP contribution in [0.25, 0.3) is 5.69 Å². The van der Waals surface area contributed by atoms with Crippen molar-refractivity contribution in [1.29, 1.82) is 0 Å². The lowest BCUT2D eigenvalue weighted by Crippen LogP contribution is -2.14. The number of aromatic nitrogens is 2. The van der Waals surface area contributed by atoms with Gasteiger partial charge in [-0.25, -0.2) is 17.5 Å². The Hall–Kier alpha value is -2.67. The third kappa shape index (κ3) is 3.03. The van der Waals surface area contributed by atoms with E-state index in [-0.39, 0.29) is 10.7 Å². The Bertz CT molecular complexity index is 965. The summed E-state index contributed by atoms with van der Waals surface area (Å²) >= 11 is 0. The molecule has 1 heterocycles. The van der Waals surface area contributed by atoms with Crippen molar-refractivity contribution in [2.24, 2.45) is 0 Å². The maximum atomic E-state index is 13.1. The van der Waals surface area contributed by atoms with E-state index in [0.29, 0.717) is 22.8 Å². The molecular weight excluding hydrogens is 329 g/mol. The van der Waals surface area contributed by atoms with Crippen LogP contribution < -0.4 is 4.72 Å². The second-order valence-corrected chi connectivity index (χ2v) is 6.98. The number of hydrogen-bond donors (Lipinski definition) is 1. The fourth-order valence-corrected chi connectivity index (χ4v) is 4.02. The van der Waals surface area contributed by atoms with E-state index in [1.54, 1.807) is 56.3 Å². The largest absolute Gasteiger partial charge is 0.280 e. The first kappa shape index (κ1) is 16.2. The normalized spacial score (nSPS) is 11.5. The monoisotopic (exact) mass is 345 g/mol. The number of nitrogens with zero attached hydrogens (tertiary/aromatic N) is 2. The molecule has 1 N–H and O–H groups in total. The summed E-state index contributed by atoms with van der Waals surface area (Å²) in [7, 11) is -3.78. The van der Waals surface area contributed by atoms with E-state index in [4.69, 9.17) is 0 Å². The first-order valence-electron chi connectivity index (χ1n) is 7.28. The molecule has 0 spiro atoms. The molecule has 3 aromatic rings. The lowest BCUT2D eigenvalue weighted by atomic mass is 10.3. The van der Waals surface area contributed by atoms with Gasteiger partial charge >= 0.3 is 0 Å². The van der Waals surface area contributed by atoms with Crippen molar-refractivity contribution >= 4 is 15.7 Å². The fourth-order valence-electron chi connectivity index (χ4n) is 2.56. The molecule has 0 aliphatic carbocycles. The van der Waals surface area contributed by atoms with Crippen LogP contribution in [0.15, 0.2) is 59.5 Å². The molecule has 0 aliphatic rings. The predicted molar refractivity (Wildman–Crippen MR) is 90.2 cm³/mol. The predicted octanol–water partition coefficient (Wildman–Crippen LogP) is 3.43. The van der Waals surface area contributed by atoms with E-state index in [1.165, 1.54) is 16.8 Å². The summed E-state index contributed by atoms with van der Waals surface area (Å²) in [4.78, 5) is 0.121. The number of aryl methyl sites for hydroxylation is 1. The summed E-state index contributed by atoms with van der Waals surface area (Å²) in [6.45, 7) is 3.30. The summed E-state index contributed by atoms with van der Waals surface area (Å²) in [5, 5.41) is 4.29. The van der Waals surface area contributed by atoms with E-state index in [0.717, 1.165) is 0 Å². The Morgan fingerprint density at radius 1 is 1.00 bits per heavy atom. The Kier molecular flexibility index (Phi) is 4.11. The van der Waals surface area contributed by atoms with Crippen LogP contribution in [0.1, 0.15) is 11.4 Å². The minimum Gasteiger partial charge on any atom is -0.280 e. The maximum Gasteiger partial charge on any atom is 0.265 e. The average Bonchev–Trinajstić information content (AvgIpc) is 2.84. The zero-order valence-electron chi connectivity index (χ0n) is 13.2. The van der Waals surface area contributed by atoms with E-state index < -0.39 is 10.0 Å². The van der Waals surface area contributed by atoms with Crippen molar-refractivity contribution in [2.75, 3.05) is 4.72 Å². The van der Waals surface area contributed by atoms with Crippen molar-refractivity contribution in [3.8, 4) is 5.69 Å². The van der Waals surface area contributed by atoms with Crippen molar-refractivity contribution in [3.05, 3.63) is 71.8 Å². The summed E-state index contributed by atoms with van der Waals surface area (Å²) in [6, 6.07) is 14.4. The van der Waals surface area contributed by atoms with Gasteiger partial charge < -0.3 is 0 Å². The summed E-state index contributed by atoms with van der Waals surface area (Å²) in [5.41, 5.74) is 1.91. The van der Waals surface area contributed by atoms with Crippen molar-refractivity contribution < 1.29 is 12.8 Å². The molecule has 5 nitrogen and oxygen atoms in total. The number of halogens is 1. The van der Waals surface area contributed by atoms with E-state index in [1.807, 2.05) is 0 Å². The van der Waals surface area contributed by atoms with Gasteiger partial charge in [0.15, 0.2) is 0 Å². The Labute approximate surface area is 139 Å². The minimum absolute atomic E-state index is 0.121. The van der Waals surface area contributed by atoms with E-state index in [2.05, 4.69) is 9.82 Å². The molecule has 0 fully saturated rings. The van der Waals surface area contributed by atoms with Gasteiger partial charge in [-0.15, -0.1) is 0 Å². The fraction of sp³-hybridized carbons (Fsp3) is 0.118. The molecule has 0 amide bonds. The molecular formula is C17H16FN3O2S. The zero-order valence-corrected chi connectivity index (χ0v) is 14.0. The maximum absolute atomic E-state index is 13.1. The molecule has 0 unspecified atom stereocenters. The van der Waals surface area contributed by atoms with Crippen LogP contribution in [0.5, 0.6) is 0 Å².